The number of amides is 1. The summed E-state index contributed by atoms with van der Waals surface area (Å²) in [5.74, 6) is -0.0750. The summed E-state index contributed by atoms with van der Waals surface area (Å²) < 4.78 is 12.5. The zero-order valence-electron chi connectivity index (χ0n) is 10.2. The van der Waals surface area contributed by atoms with Crippen LogP contribution < -0.4 is 5.32 Å². The van der Waals surface area contributed by atoms with Gasteiger partial charge in [-0.05, 0) is 34.1 Å². The lowest BCUT2D eigenvalue weighted by molar-refractivity contribution is 0.0992. The smallest absolute Gasteiger partial charge is 0.322 e. The Morgan fingerprint density at radius 1 is 1.30 bits per heavy atom. The highest BCUT2D eigenvalue weighted by Gasteiger charge is 2.16. The maximum absolute atomic E-state index is 11.8. The van der Waals surface area contributed by atoms with Crippen molar-refractivity contribution in [2.24, 2.45) is 7.05 Å². The van der Waals surface area contributed by atoms with Crippen molar-refractivity contribution < 1.29 is 13.6 Å². The average Bonchev–Trinajstić information content (AvgIpc) is 3.10. The molecule has 1 N–H and O–H groups in total. The van der Waals surface area contributed by atoms with E-state index in [9.17, 15) is 4.79 Å². The topological polar surface area (TPSA) is 99.0 Å². The minimum Gasteiger partial charge on any atom is -0.444 e. The van der Waals surface area contributed by atoms with Crippen LogP contribution in [-0.2, 0) is 7.05 Å². The predicted octanol–water partition coefficient (Wildman–Crippen LogP) is 2.08. The van der Waals surface area contributed by atoms with E-state index in [0.717, 1.165) is 0 Å². The fourth-order valence-corrected chi connectivity index (χ4v) is 1.86. The van der Waals surface area contributed by atoms with Gasteiger partial charge in [-0.15, -0.1) is 5.10 Å². The van der Waals surface area contributed by atoms with E-state index in [-0.39, 0.29) is 17.7 Å². The van der Waals surface area contributed by atoms with E-state index in [1.807, 2.05) is 0 Å². The summed E-state index contributed by atoms with van der Waals surface area (Å²) in [6.45, 7) is 0. The average molecular weight is 338 g/mol. The van der Waals surface area contributed by atoms with Gasteiger partial charge in [-0.25, -0.2) is 0 Å². The third kappa shape index (κ3) is 2.35. The fraction of sp³-hybridized carbons (Fsp3) is 0.0909. The van der Waals surface area contributed by atoms with Crippen molar-refractivity contribution in [1.29, 1.82) is 0 Å². The summed E-state index contributed by atoms with van der Waals surface area (Å²) in [6.07, 6.45) is 1.61. The number of rotatable bonds is 3. The minimum atomic E-state index is -0.476. The quantitative estimate of drug-likeness (QED) is 0.785. The van der Waals surface area contributed by atoms with Crippen LogP contribution in [0.25, 0.3) is 11.6 Å². The Morgan fingerprint density at radius 2 is 2.15 bits per heavy atom. The van der Waals surface area contributed by atoms with E-state index < -0.39 is 5.91 Å². The Labute approximate surface area is 120 Å². The first kappa shape index (κ1) is 12.6. The molecule has 0 atom stereocenters. The number of nitrogens with one attached hydrogen (secondary N) is 1. The van der Waals surface area contributed by atoms with Gasteiger partial charge in [-0.3, -0.25) is 14.8 Å². The largest absolute Gasteiger partial charge is 0.444 e. The highest BCUT2D eigenvalue weighted by molar-refractivity contribution is 9.10. The molecule has 0 saturated carbocycles. The number of anilines is 1. The van der Waals surface area contributed by atoms with Gasteiger partial charge in [0.25, 0.3) is 11.8 Å². The summed E-state index contributed by atoms with van der Waals surface area (Å²) in [4.78, 5) is 11.8. The lowest BCUT2D eigenvalue weighted by atomic mass is 10.4. The van der Waals surface area contributed by atoms with Crippen LogP contribution in [0.4, 0.5) is 6.01 Å². The third-order valence-electron chi connectivity index (χ3n) is 2.48. The van der Waals surface area contributed by atoms with Gasteiger partial charge in [0, 0.05) is 13.2 Å². The molecule has 0 fully saturated rings. The molecule has 8 nitrogen and oxygen atoms in total. The molecular formula is C11H8BrN5O3. The number of aromatic nitrogens is 4. The molecule has 20 heavy (non-hydrogen) atoms. The summed E-state index contributed by atoms with van der Waals surface area (Å²) in [7, 11) is 1.75. The van der Waals surface area contributed by atoms with Crippen LogP contribution in [0, 0.1) is 0 Å². The minimum absolute atomic E-state index is 0.0151. The number of hydrogen-bond acceptors (Lipinski definition) is 6. The van der Waals surface area contributed by atoms with Crippen LogP contribution in [0.1, 0.15) is 10.6 Å². The second-order valence-corrected chi connectivity index (χ2v) is 4.59. The van der Waals surface area contributed by atoms with Crippen LogP contribution in [0.2, 0.25) is 0 Å². The fourth-order valence-electron chi connectivity index (χ4n) is 1.56. The molecule has 0 aliphatic carbocycles. The molecule has 3 heterocycles. The van der Waals surface area contributed by atoms with Crippen molar-refractivity contribution in [1.82, 2.24) is 20.0 Å². The molecule has 0 aliphatic rings. The van der Waals surface area contributed by atoms with Crippen molar-refractivity contribution >= 4 is 27.9 Å². The van der Waals surface area contributed by atoms with Crippen molar-refractivity contribution in [2.45, 2.75) is 0 Å². The predicted molar refractivity (Wildman–Crippen MR) is 70.9 cm³/mol. The second-order valence-electron chi connectivity index (χ2n) is 3.81. The number of hydrogen-bond donors (Lipinski definition) is 1. The lowest BCUT2D eigenvalue weighted by Crippen LogP contribution is -2.10. The van der Waals surface area contributed by atoms with Gasteiger partial charge in [0.1, 0.15) is 5.69 Å². The Kier molecular flexibility index (Phi) is 3.11. The standard InChI is InChI=1S/C11H8BrN5O3/c1-17-6(4-5-13-17)10-15-16-11(20-10)14-9(18)7-2-3-8(12)19-7/h2-5H,1H3,(H,14,16,18). The molecule has 3 rings (SSSR count). The summed E-state index contributed by atoms with van der Waals surface area (Å²) in [5, 5.41) is 14.0. The Balaban J connectivity index is 1.78. The highest BCUT2D eigenvalue weighted by Crippen LogP contribution is 2.20. The Hall–Kier alpha value is -2.42. The first-order valence-electron chi connectivity index (χ1n) is 5.52. The van der Waals surface area contributed by atoms with Crippen molar-refractivity contribution in [2.75, 3.05) is 5.32 Å². The molecule has 0 bridgehead atoms. The number of halogens is 1. The van der Waals surface area contributed by atoms with Crippen LogP contribution in [0.3, 0.4) is 0 Å². The first-order valence-corrected chi connectivity index (χ1v) is 6.31. The molecule has 9 heteroatoms. The van der Waals surface area contributed by atoms with Crippen LogP contribution in [-0.4, -0.2) is 25.9 Å². The molecule has 0 unspecified atom stereocenters. The normalized spacial score (nSPS) is 10.7. The molecule has 0 radical (unpaired) electrons. The highest BCUT2D eigenvalue weighted by atomic mass is 79.9. The maximum atomic E-state index is 11.8. The molecule has 3 aromatic rings. The van der Waals surface area contributed by atoms with E-state index in [1.165, 1.54) is 6.07 Å². The molecular weight excluding hydrogens is 330 g/mol. The van der Waals surface area contributed by atoms with Crippen molar-refractivity contribution in [3.63, 3.8) is 0 Å². The molecule has 0 aromatic carbocycles. The molecule has 0 saturated heterocycles. The van der Waals surface area contributed by atoms with Gasteiger partial charge in [0.05, 0.1) is 0 Å². The Morgan fingerprint density at radius 3 is 2.80 bits per heavy atom. The summed E-state index contributed by atoms with van der Waals surface area (Å²) >= 11 is 3.12. The van der Waals surface area contributed by atoms with Gasteiger partial charge in [0.15, 0.2) is 10.4 Å². The van der Waals surface area contributed by atoms with Crippen molar-refractivity contribution in [3.8, 4) is 11.6 Å². The Bertz CT molecular complexity index is 760. The van der Waals surface area contributed by atoms with Crippen LogP contribution >= 0.6 is 15.9 Å². The van der Waals surface area contributed by atoms with E-state index >= 15 is 0 Å². The monoisotopic (exact) mass is 337 g/mol. The molecule has 0 spiro atoms. The molecule has 0 aliphatic heterocycles. The van der Waals surface area contributed by atoms with E-state index in [4.69, 9.17) is 8.83 Å². The van der Waals surface area contributed by atoms with Gasteiger partial charge in [0.2, 0.25) is 0 Å². The van der Waals surface area contributed by atoms with Gasteiger partial charge in [-0.1, -0.05) is 5.10 Å². The van der Waals surface area contributed by atoms with E-state index in [1.54, 1.807) is 30.1 Å². The van der Waals surface area contributed by atoms with Gasteiger partial charge >= 0.3 is 6.01 Å². The van der Waals surface area contributed by atoms with Crippen molar-refractivity contribution in [3.05, 3.63) is 34.8 Å². The first-order chi connectivity index (χ1) is 9.63. The van der Waals surface area contributed by atoms with Gasteiger partial charge in [-0.2, -0.15) is 5.10 Å². The SMILES string of the molecule is Cn1nccc1-c1nnc(NC(=O)c2ccc(Br)o2)o1. The van der Waals surface area contributed by atoms with Crippen LogP contribution in [0.15, 0.2) is 37.9 Å². The number of carbonyl (C=O) groups excluding carboxylic acids is 1. The molecule has 1 amide bonds. The summed E-state index contributed by atoms with van der Waals surface area (Å²) in [6, 6.07) is 4.85. The van der Waals surface area contributed by atoms with Gasteiger partial charge < -0.3 is 8.83 Å². The lowest BCUT2D eigenvalue weighted by Gasteiger charge is -1.96. The second kappa shape index (κ2) is 4.93. The summed E-state index contributed by atoms with van der Waals surface area (Å²) in [5.41, 5.74) is 0.652. The zero-order chi connectivity index (χ0) is 14.1. The maximum Gasteiger partial charge on any atom is 0.322 e. The number of furan rings is 1. The van der Waals surface area contributed by atoms with E-state index in [2.05, 4.69) is 36.5 Å². The number of aryl methyl sites for hydroxylation is 1. The third-order valence-corrected chi connectivity index (χ3v) is 2.91. The molecule has 3 aromatic heterocycles. The zero-order valence-corrected chi connectivity index (χ0v) is 11.8. The van der Waals surface area contributed by atoms with Crippen LogP contribution in [0.5, 0.6) is 0 Å². The number of nitrogens with zero attached hydrogens (tertiary/aromatic N) is 4. The van der Waals surface area contributed by atoms with E-state index in [0.29, 0.717) is 10.4 Å². The number of carbonyl (C=O) groups is 1. The molecule has 102 valence electrons.